The third kappa shape index (κ3) is 69.6. The van der Waals surface area contributed by atoms with Crippen molar-refractivity contribution in [3.8, 4) is 0 Å². The Morgan fingerprint density at radius 1 is 0.325 bits per heavy atom. The Balaban J connectivity index is 3.32. The molecule has 0 aromatic carbocycles. The first-order chi connectivity index (χ1) is 41.0. The van der Waals surface area contributed by atoms with E-state index in [0.29, 0.717) is 25.9 Å². The molecule has 6 heteroatoms. The van der Waals surface area contributed by atoms with Gasteiger partial charge in [0.15, 0.2) is 0 Å². The highest BCUT2D eigenvalue weighted by molar-refractivity contribution is 5.76. The van der Waals surface area contributed by atoms with Crippen LogP contribution in [0.2, 0.25) is 0 Å². The number of hydrogen-bond donors (Lipinski definition) is 3. The van der Waals surface area contributed by atoms with Crippen molar-refractivity contribution in [3.05, 3.63) is 12.2 Å². The number of allylic oxidation sites excluding steroid dienone is 2. The fourth-order valence-corrected chi connectivity index (χ4v) is 12.5. The number of amides is 1. The maximum Gasteiger partial charge on any atom is 0.305 e. The third-order valence-corrected chi connectivity index (χ3v) is 18.3. The van der Waals surface area contributed by atoms with Gasteiger partial charge in [0.05, 0.1) is 25.4 Å². The Bertz CT molecular complexity index is 1260. The zero-order valence-electron chi connectivity index (χ0n) is 56.7. The van der Waals surface area contributed by atoms with Gasteiger partial charge in [-0.1, -0.05) is 392 Å². The Morgan fingerprint density at radius 3 is 0.855 bits per heavy atom. The summed E-state index contributed by atoms with van der Waals surface area (Å²) in [4.78, 5) is 24.6. The van der Waals surface area contributed by atoms with Gasteiger partial charge >= 0.3 is 5.97 Å². The molecule has 0 bridgehead atoms. The molecule has 2 atom stereocenters. The average Bonchev–Trinajstić information content (AvgIpc) is 3.49. The Kier molecular flexibility index (Phi) is 71.8. The van der Waals surface area contributed by atoms with E-state index in [1.54, 1.807) is 0 Å². The van der Waals surface area contributed by atoms with Crippen molar-refractivity contribution in [2.75, 3.05) is 13.2 Å². The second-order valence-electron chi connectivity index (χ2n) is 26.7. The number of aliphatic hydroxyl groups is 2. The number of aliphatic hydroxyl groups excluding tert-OH is 2. The maximum atomic E-state index is 12.6. The van der Waals surface area contributed by atoms with Gasteiger partial charge in [-0.05, 0) is 51.4 Å². The molecule has 0 saturated heterocycles. The lowest BCUT2D eigenvalue weighted by Crippen LogP contribution is -2.45. The number of ether oxygens (including phenoxy) is 1. The smallest absolute Gasteiger partial charge is 0.305 e. The summed E-state index contributed by atoms with van der Waals surface area (Å²) in [5.74, 6) is -0.0114. The summed E-state index contributed by atoms with van der Waals surface area (Å²) in [6, 6.07) is -0.538. The molecule has 83 heavy (non-hydrogen) atoms. The minimum atomic E-state index is -0.661. The van der Waals surface area contributed by atoms with Gasteiger partial charge < -0.3 is 20.3 Å². The number of esters is 1. The largest absolute Gasteiger partial charge is 0.466 e. The Hall–Kier alpha value is -1.40. The molecule has 0 saturated carbocycles. The third-order valence-electron chi connectivity index (χ3n) is 18.3. The van der Waals surface area contributed by atoms with E-state index in [2.05, 4.69) is 31.3 Å². The molecule has 1 amide bonds. The molecular formula is C77H151NO5. The lowest BCUT2D eigenvalue weighted by molar-refractivity contribution is -0.143. The van der Waals surface area contributed by atoms with Crippen molar-refractivity contribution in [1.82, 2.24) is 5.32 Å². The monoisotopic (exact) mass is 1170 g/mol. The minimum absolute atomic E-state index is 0.0137. The molecule has 0 spiro atoms. The average molecular weight is 1170 g/mol. The van der Waals surface area contributed by atoms with Crippen LogP contribution in [0, 0.1) is 0 Å². The minimum Gasteiger partial charge on any atom is -0.466 e. The molecule has 0 aromatic heterocycles. The summed E-state index contributed by atoms with van der Waals surface area (Å²) in [6.45, 7) is 4.99. The molecule has 2 unspecified atom stereocenters. The fourth-order valence-electron chi connectivity index (χ4n) is 12.5. The molecule has 0 fully saturated rings. The highest BCUT2D eigenvalue weighted by Crippen LogP contribution is 2.20. The first-order valence-electron chi connectivity index (χ1n) is 38.4. The highest BCUT2D eigenvalue weighted by atomic mass is 16.5. The standard InChI is InChI=1S/C77H151NO5/c1-3-5-7-9-11-13-15-17-19-20-21-36-39-42-45-49-53-57-61-65-69-75(80)74(73-79)78-76(81)70-66-62-58-54-50-46-43-40-37-34-32-30-28-26-24-22-23-25-27-29-31-33-35-38-41-44-48-52-56-60-64-68-72-83-77(82)71-67-63-59-55-51-47-18-16-14-12-10-8-6-4-2/h16,18,74-75,79-80H,3-15,17,19-73H2,1-2H3,(H,78,81)/b18-16-. The van der Waals surface area contributed by atoms with Gasteiger partial charge in [-0.15, -0.1) is 0 Å². The van der Waals surface area contributed by atoms with Crippen LogP contribution in [0.3, 0.4) is 0 Å². The Morgan fingerprint density at radius 2 is 0.566 bits per heavy atom. The summed E-state index contributed by atoms with van der Waals surface area (Å²) in [7, 11) is 0. The van der Waals surface area contributed by atoms with E-state index in [4.69, 9.17) is 4.74 Å². The number of rotatable bonds is 73. The zero-order chi connectivity index (χ0) is 59.9. The maximum absolute atomic E-state index is 12.6. The number of unbranched alkanes of at least 4 members (excludes halogenated alkanes) is 60. The zero-order valence-corrected chi connectivity index (χ0v) is 56.7. The summed E-state index contributed by atoms with van der Waals surface area (Å²) in [5, 5.41) is 23.4. The van der Waals surface area contributed by atoms with Gasteiger partial charge in [-0.3, -0.25) is 9.59 Å². The quantitative estimate of drug-likeness (QED) is 0.0320. The van der Waals surface area contributed by atoms with Crippen molar-refractivity contribution < 1.29 is 24.5 Å². The van der Waals surface area contributed by atoms with E-state index in [0.717, 1.165) is 44.9 Å². The second kappa shape index (κ2) is 73.1. The van der Waals surface area contributed by atoms with Crippen LogP contribution < -0.4 is 5.32 Å². The second-order valence-corrected chi connectivity index (χ2v) is 26.7. The molecule has 6 nitrogen and oxygen atoms in total. The van der Waals surface area contributed by atoms with Crippen LogP contribution in [0.4, 0.5) is 0 Å². The van der Waals surface area contributed by atoms with Crippen LogP contribution in [0.5, 0.6) is 0 Å². The lowest BCUT2D eigenvalue weighted by Gasteiger charge is -2.22. The highest BCUT2D eigenvalue weighted by Gasteiger charge is 2.20. The summed E-state index contributed by atoms with van der Waals surface area (Å²) in [5.41, 5.74) is 0. The van der Waals surface area contributed by atoms with Crippen LogP contribution >= 0.6 is 0 Å². The van der Waals surface area contributed by atoms with Gasteiger partial charge in [0, 0.05) is 12.8 Å². The van der Waals surface area contributed by atoms with Gasteiger partial charge in [0.2, 0.25) is 5.91 Å². The molecule has 0 aromatic rings. The van der Waals surface area contributed by atoms with E-state index < -0.39 is 12.1 Å². The van der Waals surface area contributed by atoms with Crippen LogP contribution in [0.25, 0.3) is 0 Å². The van der Waals surface area contributed by atoms with Crippen molar-refractivity contribution in [2.24, 2.45) is 0 Å². The summed E-state index contributed by atoms with van der Waals surface area (Å²) in [6.07, 6.45) is 91.5. The first-order valence-corrected chi connectivity index (χ1v) is 38.4. The summed E-state index contributed by atoms with van der Waals surface area (Å²) < 4.78 is 5.49. The molecule has 0 heterocycles. The molecule has 0 aliphatic heterocycles. The molecule has 0 rings (SSSR count). The predicted molar refractivity (Wildman–Crippen MR) is 366 cm³/mol. The van der Waals surface area contributed by atoms with Gasteiger partial charge in [-0.2, -0.15) is 0 Å². The number of hydrogen-bond acceptors (Lipinski definition) is 5. The summed E-state index contributed by atoms with van der Waals surface area (Å²) >= 11 is 0. The van der Waals surface area contributed by atoms with Gasteiger partial charge in [0.1, 0.15) is 0 Å². The van der Waals surface area contributed by atoms with Crippen LogP contribution in [-0.2, 0) is 14.3 Å². The molecule has 494 valence electrons. The fraction of sp³-hybridized carbons (Fsp3) is 0.948. The van der Waals surface area contributed by atoms with Crippen LogP contribution in [0.1, 0.15) is 444 Å². The van der Waals surface area contributed by atoms with E-state index >= 15 is 0 Å². The molecule has 0 aliphatic rings. The van der Waals surface area contributed by atoms with Crippen LogP contribution in [0.15, 0.2) is 12.2 Å². The predicted octanol–water partition coefficient (Wildman–Crippen LogP) is 25.1. The molecule has 0 radical (unpaired) electrons. The Labute approximate surface area is 520 Å². The first kappa shape index (κ1) is 81.6. The van der Waals surface area contributed by atoms with E-state index in [1.807, 2.05) is 0 Å². The topological polar surface area (TPSA) is 95.9 Å². The molecule has 3 N–H and O–H groups in total. The normalized spacial score (nSPS) is 12.5. The van der Waals surface area contributed by atoms with Crippen molar-refractivity contribution in [1.29, 1.82) is 0 Å². The van der Waals surface area contributed by atoms with Crippen molar-refractivity contribution in [3.63, 3.8) is 0 Å². The SMILES string of the molecule is CCCCCCC/C=C\CCCCCCCC(=O)OCCCCCCCCCCCCCCCCCCCCCCCCCCCCCCCCCCC(=O)NC(CO)C(O)CCCCCCCCCCCCCCCCCCCCCC. The van der Waals surface area contributed by atoms with Gasteiger partial charge in [0.25, 0.3) is 0 Å². The lowest BCUT2D eigenvalue weighted by atomic mass is 10.0. The van der Waals surface area contributed by atoms with Crippen molar-refractivity contribution in [2.45, 2.75) is 456 Å². The van der Waals surface area contributed by atoms with E-state index in [-0.39, 0.29) is 18.5 Å². The molecule has 0 aliphatic carbocycles. The van der Waals surface area contributed by atoms with Crippen LogP contribution in [-0.4, -0.2) is 47.4 Å². The van der Waals surface area contributed by atoms with E-state index in [9.17, 15) is 19.8 Å². The number of carbonyl (C=O) groups excluding carboxylic acids is 2. The van der Waals surface area contributed by atoms with Crippen molar-refractivity contribution >= 4 is 11.9 Å². The number of carbonyl (C=O) groups is 2. The molecular weight excluding hydrogens is 1020 g/mol. The van der Waals surface area contributed by atoms with Gasteiger partial charge in [-0.25, -0.2) is 0 Å². The number of nitrogens with one attached hydrogen (secondary N) is 1. The van der Waals surface area contributed by atoms with E-state index in [1.165, 1.54) is 366 Å².